The standard InChI is InChI=1S/C24H19Cl2F2N3O3S/c1-14(32)24-11-15-12-29-31(17-2-5-21(27)22(28)9-17)23(15)8-16(24)6-7-30(13-24)35(33,34)18-3-4-19(25)20(26)10-18/h2-5,8-10,12H,6-7,11,13H2,1H3/t24-/m1/s1. The minimum absolute atomic E-state index is 0.000635. The number of Topliss-reactive ketones (excluding diaryl/α,β-unsaturated/α-hetero) is 1. The summed E-state index contributed by atoms with van der Waals surface area (Å²) in [5.74, 6) is -2.11. The highest BCUT2D eigenvalue weighted by atomic mass is 35.5. The van der Waals surface area contributed by atoms with E-state index in [1.54, 1.807) is 6.20 Å². The molecule has 2 aliphatic rings. The van der Waals surface area contributed by atoms with Crippen LogP contribution in [0.25, 0.3) is 11.8 Å². The van der Waals surface area contributed by atoms with Crippen molar-refractivity contribution in [2.45, 2.75) is 24.7 Å². The van der Waals surface area contributed by atoms with Crippen LogP contribution in [0, 0.1) is 17.0 Å². The first-order valence-corrected chi connectivity index (χ1v) is 12.9. The van der Waals surface area contributed by atoms with Crippen molar-refractivity contribution < 1.29 is 22.0 Å². The van der Waals surface area contributed by atoms with Gasteiger partial charge in [-0.25, -0.2) is 21.9 Å². The van der Waals surface area contributed by atoms with E-state index in [-0.39, 0.29) is 40.2 Å². The first kappa shape index (κ1) is 24.1. The van der Waals surface area contributed by atoms with Gasteiger partial charge in [0, 0.05) is 19.2 Å². The fourth-order valence-corrected chi connectivity index (χ4v) is 6.68. The number of hydrogen-bond acceptors (Lipinski definition) is 4. The maximum Gasteiger partial charge on any atom is 0.243 e. The smallest absolute Gasteiger partial charge is 0.243 e. The van der Waals surface area contributed by atoms with Gasteiger partial charge in [-0.2, -0.15) is 9.40 Å². The first-order valence-electron chi connectivity index (χ1n) is 10.7. The SMILES string of the molecule is CC(=O)[C@]12Cc3cnn(-c4ccc(F)c(F)c4)c3C=C1CCN(S(=O)(=O)c1ccc(Cl)c(Cl)c1)C2. The van der Waals surface area contributed by atoms with E-state index in [2.05, 4.69) is 5.10 Å². The third-order valence-electron chi connectivity index (χ3n) is 6.73. The minimum atomic E-state index is -3.93. The minimum Gasteiger partial charge on any atom is -0.299 e. The van der Waals surface area contributed by atoms with E-state index >= 15 is 0 Å². The molecule has 0 saturated carbocycles. The van der Waals surface area contributed by atoms with Crippen LogP contribution in [0.5, 0.6) is 0 Å². The van der Waals surface area contributed by atoms with Gasteiger partial charge in [0.25, 0.3) is 0 Å². The van der Waals surface area contributed by atoms with Gasteiger partial charge in [-0.1, -0.05) is 28.8 Å². The van der Waals surface area contributed by atoms with Gasteiger partial charge in [0.2, 0.25) is 10.0 Å². The Bertz CT molecular complexity index is 1520. The lowest BCUT2D eigenvalue weighted by atomic mass is 9.66. The van der Waals surface area contributed by atoms with Gasteiger partial charge < -0.3 is 0 Å². The van der Waals surface area contributed by atoms with E-state index < -0.39 is 27.1 Å². The summed E-state index contributed by atoms with van der Waals surface area (Å²) in [7, 11) is -3.93. The normalized spacial score (nSPS) is 20.2. The molecule has 0 spiro atoms. The molecular formula is C24H19Cl2F2N3O3S. The molecule has 35 heavy (non-hydrogen) atoms. The maximum atomic E-state index is 13.8. The van der Waals surface area contributed by atoms with E-state index in [1.165, 1.54) is 40.2 Å². The first-order chi connectivity index (χ1) is 16.5. The second-order valence-corrected chi connectivity index (χ2v) is 11.5. The Hall–Kier alpha value is -2.59. The van der Waals surface area contributed by atoms with E-state index in [0.29, 0.717) is 23.4 Å². The molecule has 1 fully saturated rings. The summed E-state index contributed by atoms with van der Waals surface area (Å²) in [6.45, 7) is 1.58. The number of carbonyl (C=O) groups excluding carboxylic acids is 1. The van der Waals surface area contributed by atoms with E-state index in [9.17, 15) is 22.0 Å². The van der Waals surface area contributed by atoms with E-state index in [1.807, 2.05) is 6.08 Å². The highest BCUT2D eigenvalue weighted by molar-refractivity contribution is 7.89. The number of carbonyl (C=O) groups is 1. The number of hydrogen-bond donors (Lipinski definition) is 0. The van der Waals surface area contributed by atoms with Crippen molar-refractivity contribution >= 4 is 45.1 Å². The molecule has 1 aromatic heterocycles. The number of benzene rings is 2. The number of sulfonamides is 1. The Morgan fingerprint density at radius 3 is 2.54 bits per heavy atom. The number of nitrogens with zero attached hydrogens (tertiary/aromatic N) is 3. The van der Waals surface area contributed by atoms with Gasteiger partial charge in [0.05, 0.1) is 37.9 Å². The van der Waals surface area contributed by atoms with Gasteiger partial charge >= 0.3 is 0 Å². The fraction of sp³-hybridized carbons (Fsp3) is 0.250. The Morgan fingerprint density at radius 1 is 1.09 bits per heavy atom. The van der Waals surface area contributed by atoms with Crippen molar-refractivity contribution in [1.82, 2.24) is 14.1 Å². The molecule has 2 heterocycles. The third kappa shape index (κ3) is 3.91. The molecule has 6 nitrogen and oxygen atoms in total. The van der Waals surface area contributed by atoms with Crippen LogP contribution in [0.15, 0.2) is 53.1 Å². The molecule has 5 rings (SSSR count). The van der Waals surface area contributed by atoms with Crippen LogP contribution in [-0.2, 0) is 21.2 Å². The van der Waals surface area contributed by atoms with Crippen LogP contribution < -0.4 is 0 Å². The summed E-state index contributed by atoms with van der Waals surface area (Å²) in [6.07, 6.45) is 3.95. The Kier molecular flexibility index (Phi) is 5.87. The largest absolute Gasteiger partial charge is 0.299 e. The zero-order valence-corrected chi connectivity index (χ0v) is 20.8. The molecule has 182 valence electrons. The van der Waals surface area contributed by atoms with Gasteiger partial charge in [-0.15, -0.1) is 0 Å². The second-order valence-electron chi connectivity index (χ2n) is 8.71. The molecule has 1 atom stereocenters. The van der Waals surface area contributed by atoms with Gasteiger partial charge in [0.15, 0.2) is 11.6 Å². The molecule has 0 amide bonds. The zero-order chi connectivity index (χ0) is 25.1. The molecule has 0 radical (unpaired) electrons. The molecule has 0 bridgehead atoms. The second kappa shape index (κ2) is 8.51. The van der Waals surface area contributed by atoms with Gasteiger partial charge in [0.1, 0.15) is 5.78 Å². The molecular weight excluding hydrogens is 519 g/mol. The summed E-state index contributed by atoms with van der Waals surface area (Å²) in [5.41, 5.74) is 1.43. The van der Waals surface area contributed by atoms with Crippen LogP contribution in [0.3, 0.4) is 0 Å². The highest BCUT2D eigenvalue weighted by Gasteiger charge is 2.49. The molecule has 1 saturated heterocycles. The number of piperidine rings is 1. The summed E-state index contributed by atoms with van der Waals surface area (Å²) in [5, 5.41) is 4.70. The highest BCUT2D eigenvalue weighted by Crippen LogP contribution is 2.46. The van der Waals surface area contributed by atoms with E-state index in [4.69, 9.17) is 23.2 Å². The monoisotopic (exact) mass is 537 g/mol. The van der Waals surface area contributed by atoms with Crippen molar-refractivity contribution in [1.29, 1.82) is 0 Å². The molecule has 1 aliphatic heterocycles. The van der Waals surface area contributed by atoms with Crippen molar-refractivity contribution in [3.63, 3.8) is 0 Å². The average molecular weight is 538 g/mol. The van der Waals surface area contributed by atoms with Gasteiger partial charge in [-0.05, 0) is 61.7 Å². The number of aromatic nitrogens is 2. The lowest BCUT2D eigenvalue weighted by Crippen LogP contribution is -2.52. The molecule has 2 aromatic carbocycles. The molecule has 0 N–H and O–H groups in total. The van der Waals surface area contributed by atoms with Crippen molar-refractivity contribution in [3.05, 3.63) is 81.1 Å². The molecule has 3 aromatic rings. The van der Waals surface area contributed by atoms with Crippen LogP contribution in [0.4, 0.5) is 8.78 Å². The van der Waals surface area contributed by atoms with Crippen molar-refractivity contribution in [2.75, 3.05) is 13.1 Å². The molecule has 1 aliphatic carbocycles. The lowest BCUT2D eigenvalue weighted by molar-refractivity contribution is -0.125. The van der Waals surface area contributed by atoms with Crippen LogP contribution in [0.2, 0.25) is 10.0 Å². The quantitative estimate of drug-likeness (QED) is 0.466. The summed E-state index contributed by atoms with van der Waals surface area (Å²) in [4.78, 5) is 13.0. The Balaban J connectivity index is 1.53. The lowest BCUT2D eigenvalue weighted by Gasteiger charge is -2.44. The predicted molar refractivity (Wildman–Crippen MR) is 128 cm³/mol. The third-order valence-corrected chi connectivity index (χ3v) is 9.31. The number of rotatable bonds is 4. The zero-order valence-electron chi connectivity index (χ0n) is 18.4. The number of fused-ring (bicyclic) bond motifs is 2. The van der Waals surface area contributed by atoms with Crippen LogP contribution in [0.1, 0.15) is 24.6 Å². The fourth-order valence-electron chi connectivity index (χ4n) is 4.79. The topological polar surface area (TPSA) is 72.3 Å². The van der Waals surface area contributed by atoms with E-state index in [0.717, 1.165) is 17.7 Å². The molecule has 0 unspecified atom stereocenters. The summed E-state index contributed by atoms with van der Waals surface area (Å²) in [6, 6.07) is 7.62. The van der Waals surface area contributed by atoms with Gasteiger partial charge in [-0.3, -0.25) is 4.79 Å². The average Bonchev–Trinajstić information content (AvgIpc) is 3.22. The Labute approximate surface area is 210 Å². The summed E-state index contributed by atoms with van der Waals surface area (Å²) < 4.78 is 56.8. The predicted octanol–water partition coefficient (Wildman–Crippen LogP) is 5.07. The number of halogens is 4. The van der Waals surface area contributed by atoms with Crippen molar-refractivity contribution in [3.8, 4) is 5.69 Å². The maximum absolute atomic E-state index is 13.8. The van der Waals surface area contributed by atoms with Crippen molar-refractivity contribution in [2.24, 2.45) is 5.41 Å². The Morgan fingerprint density at radius 2 is 1.86 bits per heavy atom. The van der Waals surface area contributed by atoms with Crippen LogP contribution in [-0.4, -0.2) is 41.4 Å². The van der Waals surface area contributed by atoms with Crippen LogP contribution >= 0.6 is 23.2 Å². The number of ketones is 1. The summed E-state index contributed by atoms with van der Waals surface area (Å²) >= 11 is 12.0. The molecule has 11 heteroatoms.